The van der Waals surface area contributed by atoms with Crippen molar-refractivity contribution in [3.05, 3.63) is 84.1 Å². The minimum absolute atomic E-state index is 0.435. The molecule has 0 atom stereocenters. The number of nitrogens with two attached hydrogens (primary N) is 2. The number of nitrogen functional groups attached to an aromatic ring is 2. The van der Waals surface area contributed by atoms with E-state index in [1.807, 2.05) is 60.7 Å². The fraction of sp³-hybridized carbons (Fsp3) is 0.167. The molecule has 5 N–H and O–H groups in total. The summed E-state index contributed by atoms with van der Waals surface area (Å²) in [5, 5.41) is 4.34. The quantitative estimate of drug-likeness (QED) is 0.359. The summed E-state index contributed by atoms with van der Waals surface area (Å²) in [4.78, 5) is 8.62. The van der Waals surface area contributed by atoms with Gasteiger partial charge in [-0.05, 0) is 48.0 Å². The number of nitrogens with one attached hydrogen (secondary N) is 1. The highest BCUT2D eigenvalue weighted by molar-refractivity contribution is 5.80. The summed E-state index contributed by atoms with van der Waals surface area (Å²) in [5.74, 6) is 2.54. The topological polar surface area (TPSA) is 108 Å². The molecule has 7 heteroatoms. The molecular formula is C24H25N5O2. The summed E-state index contributed by atoms with van der Waals surface area (Å²) in [6.45, 7) is 2.30. The van der Waals surface area contributed by atoms with Crippen molar-refractivity contribution in [2.24, 2.45) is 0 Å². The number of hydrogen-bond acceptors (Lipinski definition) is 7. The fourth-order valence-electron chi connectivity index (χ4n) is 3.14. The van der Waals surface area contributed by atoms with Gasteiger partial charge >= 0.3 is 0 Å². The zero-order valence-corrected chi connectivity index (χ0v) is 17.1. The van der Waals surface area contributed by atoms with Crippen LogP contribution in [0.4, 0.5) is 11.6 Å². The normalized spacial score (nSPS) is 10.8. The van der Waals surface area contributed by atoms with Crippen LogP contribution in [0.5, 0.6) is 11.5 Å². The van der Waals surface area contributed by atoms with Crippen LogP contribution in [0.3, 0.4) is 0 Å². The van der Waals surface area contributed by atoms with Crippen molar-refractivity contribution in [2.45, 2.75) is 13.2 Å². The van der Waals surface area contributed by atoms with Gasteiger partial charge in [0.2, 0.25) is 0 Å². The first kappa shape index (κ1) is 20.4. The highest BCUT2D eigenvalue weighted by atomic mass is 16.5. The molecule has 4 aromatic rings. The van der Waals surface area contributed by atoms with E-state index in [9.17, 15) is 0 Å². The second-order valence-corrected chi connectivity index (χ2v) is 7.11. The number of aromatic nitrogens is 2. The molecule has 7 nitrogen and oxygen atoms in total. The Balaban J connectivity index is 1.25. The largest absolute Gasteiger partial charge is 0.492 e. The van der Waals surface area contributed by atoms with Gasteiger partial charge < -0.3 is 26.3 Å². The van der Waals surface area contributed by atoms with Crippen LogP contribution in [0.15, 0.2) is 72.8 Å². The second kappa shape index (κ2) is 9.77. The molecule has 0 spiro atoms. The van der Waals surface area contributed by atoms with E-state index in [0.717, 1.165) is 33.7 Å². The summed E-state index contributed by atoms with van der Waals surface area (Å²) < 4.78 is 11.8. The Morgan fingerprint density at radius 2 is 1.55 bits per heavy atom. The lowest BCUT2D eigenvalue weighted by Gasteiger charge is -2.11. The minimum Gasteiger partial charge on any atom is -0.492 e. The maximum Gasteiger partial charge on any atom is 0.124 e. The SMILES string of the molecule is Nc1cccc(CNCCOc2cccc(OCc3ccc4ccc(N)nc4c3)c2)n1. The number of benzene rings is 2. The van der Waals surface area contributed by atoms with Gasteiger partial charge in [0.15, 0.2) is 0 Å². The van der Waals surface area contributed by atoms with Crippen molar-refractivity contribution in [2.75, 3.05) is 24.6 Å². The third kappa shape index (κ3) is 5.83. The number of rotatable bonds is 9. The van der Waals surface area contributed by atoms with Gasteiger partial charge in [-0.1, -0.05) is 24.3 Å². The minimum atomic E-state index is 0.435. The Morgan fingerprint density at radius 3 is 2.42 bits per heavy atom. The fourth-order valence-corrected chi connectivity index (χ4v) is 3.14. The molecule has 0 aliphatic carbocycles. The molecule has 0 unspecified atom stereocenters. The van der Waals surface area contributed by atoms with E-state index < -0.39 is 0 Å². The van der Waals surface area contributed by atoms with Crippen LogP contribution in [0.1, 0.15) is 11.3 Å². The molecule has 0 saturated heterocycles. The molecule has 0 saturated carbocycles. The molecule has 158 valence electrons. The number of ether oxygens (including phenoxy) is 2. The van der Waals surface area contributed by atoms with E-state index in [1.54, 1.807) is 12.1 Å². The maximum atomic E-state index is 5.93. The number of hydrogen-bond donors (Lipinski definition) is 3. The van der Waals surface area contributed by atoms with Gasteiger partial charge in [-0.2, -0.15) is 0 Å². The predicted octanol–water partition coefficient (Wildman–Crippen LogP) is 3.54. The first-order valence-corrected chi connectivity index (χ1v) is 10.1. The number of pyridine rings is 2. The Labute approximate surface area is 181 Å². The number of anilines is 2. The third-order valence-corrected chi connectivity index (χ3v) is 4.67. The number of nitrogens with zero attached hydrogens (tertiary/aromatic N) is 2. The van der Waals surface area contributed by atoms with Crippen LogP contribution in [0.25, 0.3) is 10.9 Å². The summed E-state index contributed by atoms with van der Waals surface area (Å²) >= 11 is 0. The van der Waals surface area contributed by atoms with Crippen molar-refractivity contribution < 1.29 is 9.47 Å². The molecule has 0 radical (unpaired) electrons. The third-order valence-electron chi connectivity index (χ3n) is 4.67. The average molecular weight is 415 g/mol. The van der Waals surface area contributed by atoms with Gasteiger partial charge in [-0.25, -0.2) is 9.97 Å². The van der Waals surface area contributed by atoms with Crippen molar-refractivity contribution in [1.29, 1.82) is 0 Å². The van der Waals surface area contributed by atoms with Crippen LogP contribution in [0.2, 0.25) is 0 Å². The van der Waals surface area contributed by atoms with E-state index in [1.165, 1.54) is 0 Å². The van der Waals surface area contributed by atoms with E-state index in [2.05, 4.69) is 15.3 Å². The van der Waals surface area contributed by atoms with Crippen molar-refractivity contribution in [3.8, 4) is 11.5 Å². The Bertz CT molecular complexity index is 1170. The molecule has 0 aliphatic rings. The Hall–Kier alpha value is -3.84. The standard InChI is InChI=1S/C24H25N5O2/c25-23-6-1-3-19(28-23)15-27-11-12-30-20-4-2-5-21(14-20)31-16-17-7-8-18-9-10-24(26)29-22(18)13-17/h1-10,13-14,27H,11-12,15-16H2,(H2,25,28)(H2,26,29). The molecule has 2 aromatic carbocycles. The molecule has 0 amide bonds. The Morgan fingerprint density at radius 1 is 0.774 bits per heavy atom. The van der Waals surface area contributed by atoms with Crippen molar-refractivity contribution in [1.82, 2.24) is 15.3 Å². The summed E-state index contributed by atoms with van der Waals surface area (Å²) in [5.41, 5.74) is 14.3. The Kier molecular flexibility index (Phi) is 6.44. The number of fused-ring (bicyclic) bond motifs is 1. The lowest BCUT2D eigenvalue weighted by Crippen LogP contribution is -2.21. The van der Waals surface area contributed by atoms with Crippen LogP contribution in [0, 0.1) is 0 Å². The summed E-state index contributed by atoms with van der Waals surface area (Å²) in [6.07, 6.45) is 0. The molecule has 2 heterocycles. The highest BCUT2D eigenvalue weighted by Crippen LogP contribution is 2.21. The van der Waals surface area contributed by atoms with Crippen LogP contribution >= 0.6 is 0 Å². The van der Waals surface area contributed by atoms with E-state index in [0.29, 0.717) is 37.9 Å². The molecular weight excluding hydrogens is 390 g/mol. The van der Waals surface area contributed by atoms with Crippen molar-refractivity contribution >= 4 is 22.5 Å². The molecule has 0 fully saturated rings. The summed E-state index contributed by atoms with van der Waals surface area (Å²) in [6, 6.07) is 23.0. The van der Waals surface area contributed by atoms with Gasteiger partial charge in [0.25, 0.3) is 0 Å². The smallest absolute Gasteiger partial charge is 0.124 e. The van der Waals surface area contributed by atoms with Gasteiger partial charge in [-0.3, -0.25) is 0 Å². The lowest BCUT2D eigenvalue weighted by molar-refractivity contribution is 0.294. The predicted molar refractivity (Wildman–Crippen MR) is 123 cm³/mol. The van der Waals surface area contributed by atoms with E-state index in [4.69, 9.17) is 20.9 Å². The van der Waals surface area contributed by atoms with Gasteiger partial charge in [0.1, 0.15) is 36.3 Å². The van der Waals surface area contributed by atoms with Gasteiger partial charge in [0, 0.05) is 24.5 Å². The molecule has 31 heavy (non-hydrogen) atoms. The van der Waals surface area contributed by atoms with E-state index >= 15 is 0 Å². The first-order valence-electron chi connectivity index (χ1n) is 10.1. The van der Waals surface area contributed by atoms with Gasteiger partial charge in [0.05, 0.1) is 11.2 Å². The zero-order valence-electron chi connectivity index (χ0n) is 17.1. The van der Waals surface area contributed by atoms with Crippen LogP contribution in [-0.2, 0) is 13.2 Å². The molecule has 0 bridgehead atoms. The second-order valence-electron chi connectivity index (χ2n) is 7.11. The monoisotopic (exact) mass is 415 g/mol. The lowest BCUT2D eigenvalue weighted by atomic mass is 10.1. The van der Waals surface area contributed by atoms with Gasteiger partial charge in [-0.15, -0.1) is 0 Å². The maximum absolute atomic E-state index is 5.93. The summed E-state index contributed by atoms with van der Waals surface area (Å²) in [7, 11) is 0. The van der Waals surface area contributed by atoms with Crippen molar-refractivity contribution in [3.63, 3.8) is 0 Å². The zero-order chi connectivity index (χ0) is 21.5. The highest BCUT2D eigenvalue weighted by Gasteiger charge is 2.02. The first-order chi connectivity index (χ1) is 15.2. The molecule has 4 rings (SSSR count). The van der Waals surface area contributed by atoms with E-state index in [-0.39, 0.29) is 0 Å². The van der Waals surface area contributed by atoms with Crippen LogP contribution in [-0.4, -0.2) is 23.1 Å². The molecule has 2 aromatic heterocycles. The average Bonchev–Trinajstić information content (AvgIpc) is 2.77. The van der Waals surface area contributed by atoms with Crippen LogP contribution < -0.4 is 26.3 Å². The molecule has 0 aliphatic heterocycles.